The number of benzene rings is 2. The lowest BCUT2D eigenvalue weighted by Crippen LogP contribution is -3.10. The van der Waals surface area contributed by atoms with Crippen LogP contribution in [0.3, 0.4) is 0 Å². The van der Waals surface area contributed by atoms with Crippen LogP contribution in [0.1, 0.15) is 24.9 Å². The van der Waals surface area contributed by atoms with E-state index in [1.807, 2.05) is 56.4 Å². The highest BCUT2D eigenvalue weighted by molar-refractivity contribution is 7.18. The van der Waals surface area contributed by atoms with E-state index in [1.165, 1.54) is 4.70 Å². The lowest BCUT2D eigenvalue weighted by molar-refractivity contribution is -0.902. The molecule has 1 heterocycles. The summed E-state index contributed by atoms with van der Waals surface area (Å²) in [6, 6.07) is 15.7. The third-order valence-corrected chi connectivity index (χ3v) is 5.53. The molecule has 0 bridgehead atoms. The molecule has 26 heavy (non-hydrogen) atoms. The van der Waals surface area contributed by atoms with Gasteiger partial charge < -0.3 is 15.0 Å². The van der Waals surface area contributed by atoms with Crippen LogP contribution in [0.5, 0.6) is 5.75 Å². The van der Waals surface area contributed by atoms with E-state index in [0.29, 0.717) is 13.2 Å². The number of quaternary nitrogens is 1. The topological polar surface area (TPSA) is 55.7 Å². The third kappa shape index (κ3) is 4.39. The maximum atomic E-state index is 12.4. The van der Waals surface area contributed by atoms with Crippen LogP contribution in [0.4, 0.5) is 5.69 Å². The van der Waals surface area contributed by atoms with Gasteiger partial charge in [0.15, 0.2) is 11.6 Å². The Morgan fingerprint density at radius 1 is 1.23 bits per heavy atom. The number of carbonyl (C=O) groups excluding carboxylic acids is 1. The second kappa shape index (κ2) is 8.29. The number of nitrogens with zero attached hydrogens (tertiary/aromatic N) is 1. The van der Waals surface area contributed by atoms with Crippen molar-refractivity contribution >= 4 is 33.1 Å². The van der Waals surface area contributed by atoms with Crippen LogP contribution in [0.2, 0.25) is 0 Å². The summed E-state index contributed by atoms with van der Waals surface area (Å²) in [7, 11) is 2.02. The minimum Gasteiger partial charge on any atom is -0.494 e. The first-order valence-corrected chi connectivity index (χ1v) is 9.59. The van der Waals surface area contributed by atoms with Crippen molar-refractivity contribution in [2.45, 2.75) is 19.9 Å². The number of rotatable bonds is 7. The van der Waals surface area contributed by atoms with Gasteiger partial charge in [-0.1, -0.05) is 12.1 Å². The molecule has 5 nitrogen and oxygen atoms in total. The van der Waals surface area contributed by atoms with E-state index in [1.54, 1.807) is 11.3 Å². The summed E-state index contributed by atoms with van der Waals surface area (Å²) >= 11 is 1.69. The van der Waals surface area contributed by atoms with E-state index in [4.69, 9.17) is 9.72 Å². The van der Waals surface area contributed by atoms with Crippen LogP contribution in [0.15, 0.2) is 48.5 Å². The molecule has 0 saturated heterocycles. The average molecular weight is 370 g/mol. The Morgan fingerprint density at radius 2 is 1.96 bits per heavy atom. The monoisotopic (exact) mass is 370 g/mol. The molecule has 0 radical (unpaired) electrons. The van der Waals surface area contributed by atoms with Crippen molar-refractivity contribution in [3.8, 4) is 5.75 Å². The van der Waals surface area contributed by atoms with E-state index >= 15 is 0 Å². The summed E-state index contributed by atoms with van der Waals surface area (Å²) in [5.41, 5.74) is 1.80. The lowest BCUT2D eigenvalue weighted by Gasteiger charge is -2.19. The molecule has 3 rings (SSSR count). The van der Waals surface area contributed by atoms with E-state index in [9.17, 15) is 4.79 Å². The fraction of sp³-hybridized carbons (Fsp3) is 0.300. The van der Waals surface area contributed by atoms with Gasteiger partial charge in [0.1, 0.15) is 11.8 Å². The molecule has 0 fully saturated rings. The Hall–Kier alpha value is -2.44. The maximum Gasteiger partial charge on any atom is 0.279 e. The second-order valence-corrected chi connectivity index (χ2v) is 7.33. The maximum absolute atomic E-state index is 12.4. The van der Waals surface area contributed by atoms with Gasteiger partial charge in [0.05, 0.1) is 23.9 Å². The molecule has 2 N–H and O–H groups in total. The molecule has 1 unspecified atom stereocenters. The Labute approximate surface area is 157 Å². The zero-order valence-corrected chi connectivity index (χ0v) is 16.1. The first-order chi connectivity index (χ1) is 12.6. The number of likely N-dealkylation sites (N-methyl/N-ethyl adjacent to an activating group) is 1. The fourth-order valence-electron chi connectivity index (χ4n) is 2.70. The van der Waals surface area contributed by atoms with Gasteiger partial charge in [-0.3, -0.25) is 4.79 Å². The van der Waals surface area contributed by atoms with Gasteiger partial charge >= 0.3 is 0 Å². The van der Waals surface area contributed by atoms with Crippen LogP contribution in [-0.4, -0.2) is 31.1 Å². The number of nitrogens with one attached hydrogen (secondary N) is 2. The minimum absolute atomic E-state index is 0.0142. The van der Waals surface area contributed by atoms with Crippen molar-refractivity contribution in [2.24, 2.45) is 0 Å². The first-order valence-electron chi connectivity index (χ1n) is 8.77. The van der Waals surface area contributed by atoms with Gasteiger partial charge in [0, 0.05) is 5.69 Å². The molecule has 2 atom stereocenters. The number of hydrogen-bond acceptors (Lipinski definition) is 4. The summed E-state index contributed by atoms with van der Waals surface area (Å²) in [4.78, 5) is 18.2. The van der Waals surface area contributed by atoms with Crippen LogP contribution >= 0.6 is 11.3 Å². The number of carbonyl (C=O) groups is 1. The Kier molecular flexibility index (Phi) is 5.85. The molecular formula is C20H24N3O2S+. The van der Waals surface area contributed by atoms with Gasteiger partial charge in [-0.2, -0.15) is 0 Å². The molecular weight excluding hydrogens is 346 g/mol. The molecule has 0 aliphatic heterocycles. The number of ether oxygens (including phenoxy) is 1. The van der Waals surface area contributed by atoms with Crippen molar-refractivity contribution in [3.63, 3.8) is 0 Å². The Balaban J connectivity index is 1.59. The first kappa shape index (κ1) is 18.4. The summed E-state index contributed by atoms with van der Waals surface area (Å²) in [5, 5.41) is 4.00. The van der Waals surface area contributed by atoms with Gasteiger partial charge in [-0.05, 0) is 50.2 Å². The van der Waals surface area contributed by atoms with Crippen molar-refractivity contribution in [1.29, 1.82) is 0 Å². The summed E-state index contributed by atoms with van der Waals surface area (Å²) < 4.78 is 6.59. The summed E-state index contributed by atoms with van der Waals surface area (Å²) in [6.07, 6.45) is 0. The number of amides is 1. The number of para-hydroxylation sites is 1. The molecule has 3 aromatic rings. The van der Waals surface area contributed by atoms with Crippen LogP contribution < -0.4 is 15.0 Å². The molecule has 0 aliphatic rings. The standard InChI is InChI=1S/C20H23N3O2S/c1-4-25-16-11-9-15(10-12-16)21-19(24)13-23(3)14(2)20-22-17-7-5-6-8-18(17)26-20/h5-12,14H,4,13H2,1-3H3,(H,21,24)/p+1/t14-/m0/s1. The molecule has 0 spiro atoms. The largest absolute Gasteiger partial charge is 0.494 e. The predicted molar refractivity (Wildman–Crippen MR) is 106 cm³/mol. The molecule has 2 aromatic carbocycles. The molecule has 136 valence electrons. The fourth-order valence-corrected chi connectivity index (χ4v) is 3.81. The van der Waals surface area contributed by atoms with E-state index < -0.39 is 0 Å². The lowest BCUT2D eigenvalue weighted by atomic mass is 10.3. The predicted octanol–water partition coefficient (Wildman–Crippen LogP) is 2.91. The van der Waals surface area contributed by atoms with Gasteiger partial charge in [0.25, 0.3) is 5.91 Å². The molecule has 1 aromatic heterocycles. The van der Waals surface area contributed by atoms with Crippen LogP contribution in [0.25, 0.3) is 10.2 Å². The number of hydrogen-bond donors (Lipinski definition) is 2. The Morgan fingerprint density at radius 3 is 2.65 bits per heavy atom. The van der Waals surface area contributed by atoms with Gasteiger partial charge in [-0.15, -0.1) is 11.3 Å². The van der Waals surface area contributed by atoms with Gasteiger partial charge in [0.2, 0.25) is 0 Å². The highest BCUT2D eigenvalue weighted by Crippen LogP contribution is 2.24. The highest BCUT2D eigenvalue weighted by Gasteiger charge is 2.22. The second-order valence-electron chi connectivity index (χ2n) is 6.27. The molecule has 0 saturated carbocycles. The average Bonchev–Trinajstić information content (AvgIpc) is 3.07. The number of thiazole rings is 1. The quantitative estimate of drug-likeness (QED) is 0.672. The SMILES string of the molecule is CCOc1ccc(NC(=O)C[NH+](C)[C@@H](C)c2nc3ccccc3s2)cc1. The van der Waals surface area contributed by atoms with E-state index in [-0.39, 0.29) is 11.9 Å². The normalized spacial score (nSPS) is 13.3. The van der Waals surface area contributed by atoms with Crippen LogP contribution in [0, 0.1) is 0 Å². The molecule has 1 amide bonds. The number of aromatic nitrogens is 1. The number of fused-ring (bicyclic) bond motifs is 1. The van der Waals surface area contributed by atoms with Crippen molar-refractivity contribution in [3.05, 3.63) is 53.5 Å². The van der Waals surface area contributed by atoms with E-state index in [2.05, 4.69) is 18.3 Å². The summed E-state index contributed by atoms with van der Waals surface area (Å²) in [5.74, 6) is 0.789. The minimum atomic E-state index is -0.0142. The zero-order chi connectivity index (χ0) is 18.5. The van der Waals surface area contributed by atoms with E-state index in [0.717, 1.165) is 26.9 Å². The zero-order valence-electron chi connectivity index (χ0n) is 15.3. The summed E-state index contributed by atoms with van der Waals surface area (Å²) in [6.45, 7) is 5.06. The third-order valence-electron chi connectivity index (χ3n) is 4.31. The molecule has 6 heteroatoms. The van der Waals surface area contributed by atoms with Crippen LogP contribution in [-0.2, 0) is 4.79 Å². The Bertz CT molecular complexity index is 843. The molecule has 0 aliphatic carbocycles. The van der Waals surface area contributed by atoms with Crippen molar-refractivity contribution < 1.29 is 14.4 Å². The smallest absolute Gasteiger partial charge is 0.279 e. The highest BCUT2D eigenvalue weighted by atomic mass is 32.1. The van der Waals surface area contributed by atoms with Gasteiger partial charge in [-0.25, -0.2) is 4.98 Å². The van der Waals surface area contributed by atoms with Crippen molar-refractivity contribution in [1.82, 2.24) is 4.98 Å². The van der Waals surface area contributed by atoms with Crippen molar-refractivity contribution in [2.75, 3.05) is 25.5 Å². The number of anilines is 1.